The molecule has 4 aromatic rings. The highest BCUT2D eigenvalue weighted by atomic mass is 32.2. The molecule has 1 heterocycles. The van der Waals surface area contributed by atoms with E-state index >= 15 is 4.79 Å². The Hall–Kier alpha value is -2.40. The lowest BCUT2D eigenvalue weighted by molar-refractivity contribution is -0.136. The van der Waals surface area contributed by atoms with E-state index in [-0.39, 0.29) is 30.4 Å². The Morgan fingerprint density at radius 1 is 0.620 bits per heavy atom. The molecule has 1 aromatic heterocycles. The molecule has 6 nitrogen and oxygen atoms in total. The van der Waals surface area contributed by atoms with Gasteiger partial charge in [0.15, 0.2) is 5.16 Å². The molecule has 1 aliphatic rings. The first kappa shape index (κ1) is 59.5. The summed E-state index contributed by atoms with van der Waals surface area (Å²) < 4.78 is 55.3. The van der Waals surface area contributed by atoms with Crippen molar-refractivity contribution in [3.8, 4) is 11.1 Å². The van der Waals surface area contributed by atoms with Crippen molar-refractivity contribution < 1.29 is 22.4 Å². The lowest BCUT2D eigenvalue weighted by Gasteiger charge is -2.57. The van der Waals surface area contributed by atoms with Crippen LogP contribution in [0, 0.1) is 5.82 Å². The summed E-state index contributed by atoms with van der Waals surface area (Å²) in [6.45, 7) is 1.25. The Balaban J connectivity index is 1.84. The van der Waals surface area contributed by atoms with E-state index in [1.54, 1.807) is 13.8 Å². The third kappa shape index (κ3) is 9.22. The summed E-state index contributed by atoms with van der Waals surface area (Å²) in [5.74, 6) is -2.47. The number of carbonyl (C=O) groups is 1. The minimum atomic E-state index is -5.12. The summed E-state index contributed by atoms with van der Waals surface area (Å²) in [7, 11) is 153. The fraction of sp³-hybridized carbons (Fsp3) is 0.361. The number of hydrogen-bond donors (Lipinski definition) is 0. The van der Waals surface area contributed by atoms with Gasteiger partial charge >= 0.3 is 6.18 Å². The number of alkyl halides is 3. The van der Waals surface area contributed by atoms with Crippen molar-refractivity contribution >= 4 is 272 Å². The Morgan fingerprint density at radius 2 is 1.03 bits per heavy atom. The number of benzene rings is 3. The Bertz CT molecular complexity index is 2860. The molecular weight excluding hydrogens is 888 g/mol. The summed E-state index contributed by atoms with van der Waals surface area (Å²) in [6.07, 6.45) is -5.12. The molecule has 0 unspecified atom stereocenters. The summed E-state index contributed by atoms with van der Waals surface area (Å²) in [5, 5.41) is -13.8. The van der Waals surface area contributed by atoms with Crippen LogP contribution in [-0.2, 0) is 39.0 Å². The van der Waals surface area contributed by atoms with Crippen LogP contribution in [0.25, 0.3) is 11.1 Å². The van der Waals surface area contributed by atoms with E-state index in [1.807, 2.05) is 0 Å². The zero-order valence-corrected chi connectivity index (χ0v) is 39.0. The Labute approximate surface area is 448 Å². The van der Waals surface area contributed by atoms with Gasteiger partial charge in [0.05, 0.1) is 94.2 Å². The number of likely N-dealkylation sites (N-methyl/N-ethyl adjacent to an activating group) is 1. The lowest BCUT2D eigenvalue weighted by atomic mass is 9.20. The number of rotatable bonds is 13. The van der Waals surface area contributed by atoms with Gasteiger partial charge in [-0.1, -0.05) is 107 Å². The van der Waals surface area contributed by atoms with Crippen molar-refractivity contribution in [1.82, 2.24) is 19.4 Å². The molecule has 0 N–H and O–H groups in total. The van der Waals surface area contributed by atoms with Crippen LogP contribution in [0.3, 0.4) is 0 Å². The van der Waals surface area contributed by atoms with Crippen LogP contribution < -0.4 is 71.1 Å². The second-order valence-electron chi connectivity index (χ2n) is 17.1. The number of aromatic nitrogens is 2. The van der Waals surface area contributed by atoms with Crippen molar-refractivity contribution in [3.63, 3.8) is 0 Å². The van der Waals surface area contributed by atoms with Gasteiger partial charge in [-0.3, -0.25) is 9.59 Å². The molecule has 0 saturated carbocycles. The third-order valence-corrected chi connectivity index (χ3v) is 13.8. The number of nitrogens with zero attached hydrogens (tertiary/aromatic N) is 4. The molecule has 0 saturated heterocycles. The molecular formula is C36H14B24F4N4O2S. The number of thioether (sulfide) groups is 1. The molecule has 1 aliphatic carbocycles. The molecule has 1 amide bonds. The normalized spacial score (nSPS) is 15.4. The molecule has 0 bridgehead atoms. The average molecular weight is 902 g/mol. The van der Waals surface area contributed by atoms with Gasteiger partial charge in [0, 0.05) is 23.4 Å². The van der Waals surface area contributed by atoms with Gasteiger partial charge in [0.25, 0.3) is 5.56 Å². The van der Waals surface area contributed by atoms with Crippen molar-refractivity contribution in [2.75, 3.05) is 13.1 Å². The summed E-state index contributed by atoms with van der Waals surface area (Å²) in [6, 6.07) is 0. The van der Waals surface area contributed by atoms with Crippen LogP contribution in [0.5, 0.6) is 0 Å². The van der Waals surface area contributed by atoms with E-state index in [4.69, 9.17) is 188 Å². The van der Waals surface area contributed by atoms with Gasteiger partial charge < -0.3 is 14.4 Å². The molecule has 0 spiro atoms. The topological polar surface area (TPSA) is 58.4 Å². The van der Waals surface area contributed by atoms with Gasteiger partial charge in [-0.05, 0) is 45.0 Å². The van der Waals surface area contributed by atoms with Crippen LogP contribution >= 0.6 is 11.8 Å². The first-order chi connectivity index (χ1) is 32.1. The molecule has 296 valence electrons. The van der Waals surface area contributed by atoms with Crippen molar-refractivity contribution in [2.45, 2.75) is 69.1 Å². The van der Waals surface area contributed by atoms with E-state index in [0.29, 0.717) is 4.90 Å². The maximum Gasteiger partial charge on any atom is 0.415 e. The number of halogens is 4. The second kappa shape index (κ2) is 19.6. The molecule has 0 atom stereocenters. The van der Waals surface area contributed by atoms with Crippen LogP contribution in [0.15, 0.2) is 9.95 Å². The van der Waals surface area contributed by atoms with E-state index in [1.165, 1.54) is 4.90 Å². The van der Waals surface area contributed by atoms with Crippen molar-refractivity contribution in [3.05, 3.63) is 44.1 Å². The minimum Gasteiger partial charge on any atom is -0.348 e. The molecule has 3 aromatic carbocycles. The largest absolute Gasteiger partial charge is 0.415 e. The van der Waals surface area contributed by atoms with Crippen LogP contribution in [-0.4, -0.2) is 237 Å². The maximum absolute atomic E-state index is 15.4. The van der Waals surface area contributed by atoms with Crippen molar-refractivity contribution in [2.24, 2.45) is 0 Å². The van der Waals surface area contributed by atoms with Crippen LogP contribution in [0.2, 0.25) is 5.21 Å². The Kier molecular flexibility index (Phi) is 16.4. The monoisotopic (exact) mass is 906 g/mol. The fourth-order valence-electron chi connectivity index (χ4n) is 8.47. The van der Waals surface area contributed by atoms with Gasteiger partial charge in [-0.25, -0.2) is 4.39 Å². The van der Waals surface area contributed by atoms with Crippen LogP contribution in [0.4, 0.5) is 17.6 Å². The summed E-state index contributed by atoms with van der Waals surface area (Å²) in [4.78, 5) is 35.5. The first-order valence-electron chi connectivity index (χ1n) is 20.5. The maximum atomic E-state index is 15.4. The summed E-state index contributed by atoms with van der Waals surface area (Å²) in [5.41, 5.74) is -14.2. The van der Waals surface area contributed by atoms with Crippen molar-refractivity contribution in [1.29, 1.82) is 0 Å². The van der Waals surface area contributed by atoms with Gasteiger partial charge in [-0.2, -0.15) is 18.2 Å². The van der Waals surface area contributed by atoms with E-state index < -0.39 is 172 Å². The highest BCUT2D eigenvalue weighted by Gasteiger charge is 2.57. The van der Waals surface area contributed by atoms with E-state index in [0.717, 1.165) is 4.57 Å². The second-order valence-corrected chi connectivity index (χ2v) is 18.3. The average Bonchev–Trinajstić information content (AvgIpc) is 3.35. The van der Waals surface area contributed by atoms with Gasteiger partial charge in [0.1, 0.15) is 107 Å². The first-order valence-corrected chi connectivity index (χ1v) is 21.3. The lowest BCUT2D eigenvalue weighted by Crippen LogP contribution is -2.74. The SMILES string of the molecule is [B]c1c([B])c(C([B])([B])Sc2nc(=O)c3c(n2CC(=O)N(Cc2c([B])c([B])c(-c4c([B])c([B])c(C(F)(F)F)c([B])c4[B])c([B])c2[B])C([B])([B])C([B])([B])N(CC)CC)C([B])([B])C([B])([B])C3([B])[B])c([B])c([B])c1F. The summed E-state index contributed by atoms with van der Waals surface area (Å²) >= 11 is 0.231. The van der Waals surface area contributed by atoms with E-state index in [9.17, 15) is 22.4 Å². The predicted molar refractivity (Wildman–Crippen MR) is 298 cm³/mol. The number of hydrogen-bond acceptors (Lipinski definition) is 5. The zero-order chi connectivity index (χ0) is 54.8. The molecule has 0 aliphatic heterocycles. The molecule has 71 heavy (non-hydrogen) atoms. The molecule has 48 radical (unpaired) electrons. The van der Waals surface area contributed by atoms with Gasteiger partial charge in [-0.15, -0.1) is 5.21 Å². The zero-order valence-electron chi connectivity index (χ0n) is 38.2. The van der Waals surface area contributed by atoms with Crippen LogP contribution in [0.1, 0.15) is 41.8 Å². The fourth-order valence-corrected chi connectivity index (χ4v) is 9.49. The molecule has 0 fully saturated rings. The quantitative estimate of drug-likeness (QED) is 0.0579. The number of fused-ring (bicyclic) bond motifs is 1. The Morgan fingerprint density at radius 3 is 1.44 bits per heavy atom. The number of amides is 1. The highest BCUT2D eigenvalue weighted by Crippen LogP contribution is 2.57. The smallest absolute Gasteiger partial charge is 0.348 e. The predicted octanol–water partition coefficient (Wildman–Crippen LogP) is -13.4. The third-order valence-electron chi connectivity index (χ3n) is 12.8. The molecule has 5 rings (SSSR count). The molecule has 35 heteroatoms. The highest BCUT2D eigenvalue weighted by molar-refractivity contribution is 8.02. The van der Waals surface area contributed by atoms with Gasteiger partial charge in [0.2, 0.25) is 5.91 Å². The standard InChI is InChI=1S/C36H14B24F4N4O2S/c1-3-66(4-2)35(57,58)36(59,60)68(5-7-14(37)16(39)9(17(40)15(7)38)10-18(41)22(45)12(33(62,63)64)23(46)19(10)42)8(69)6-67-27-13(30(49,50)34(55,56)31(27,51)52)28(70)65-29(67)71-32(53,54)11-20(43)24(47)26(61)25(48)21(11)44/h3-6H2,1-2H3. The minimum absolute atomic E-state index is 0.0630. The van der Waals surface area contributed by atoms with E-state index in [2.05, 4.69) is 4.98 Å². The number of carbonyl (C=O) groups excluding carboxylic acids is 1.